The molecule has 0 bridgehead atoms. The molecule has 6 nitrogen and oxygen atoms in total. The van der Waals surface area contributed by atoms with Gasteiger partial charge in [0.15, 0.2) is 0 Å². The molecule has 0 fully saturated rings. The summed E-state index contributed by atoms with van der Waals surface area (Å²) in [7, 11) is 1.79. The summed E-state index contributed by atoms with van der Waals surface area (Å²) < 4.78 is 0. The van der Waals surface area contributed by atoms with Crippen LogP contribution in [-0.4, -0.2) is 29.0 Å². The highest BCUT2D eigenvalue weighted by Gasteiger charge is 2.10. The minimum atomic E-state index is -0.455. The lowest BCUT2D eigenvalue weighted by atomic mass is 10.3. The van der Waals surface area contributed by atoms with Crippen LogP contribution in [0.1, 0.15) is 26.1 Å². The third-order valence-corrected chi connectivity index (χ3v) is 2.29. The van der Waals surface area contributed by atoms with Crippen molar-refractivity contribution in [1.29, 1.82) is 0 Å². The van der Waals surface area contributed by atoms with Crippen LogP contribution in [-0.2, 0) is 11.2 Å². The third-order valence-electron chi connectivity index (χ3n) is 2.29. The predicted octanol–water partition coefficient (Wildman–Crippen LogP) is 0.756. The fraction of sp³-hybridized carbons (Fsp3) is 0.545. The Kier molecular flexibility index (Phi) is 4.68. The molecule has 0 aromatic carbocycles. The molecule has 17 heavy (non-hydrogen) atoms. The van der Waals surface area contributed by atoms with Crippen molar-refractivity contribution in [3.05, 3.63) is 11.9 Å². The summed E-state index contributed by atoms with van der Waals surface area (Å²) in [5.41, 5.74) is 5.19. The second-order valence-electron chi connectivity index (χ2n) is 3.82. The van der Waals surface area contributed by atoms with E-state index in [1.807, 2.05) is 0 Å². The van der Waals surface area contributed by atoms with Crippen LogP contribution in [0.5, 0.6) is 0 Å². The van der Waals surface area contributed by atoms with Crippen molar-refractivity contribution in [2.75, 3.05) is 17.7 Å². The maximum absolute atomic E-state index is 11.0. The van der Waals surface area contributed by atoms with E-state index in [-0.39, 0.29) is 0 Å². The molecule has 1 heterocycles. The van der Waals surface area contributed by atoms with Gasteiger partial charge < -0.3 is 16.4 Å². The largest absolute Gasteiger partial charge is 0.373 e. The normalized spacial score (nSPS) is 11.9. The number of anilines is 2. The lowest BCUT2D eigenvalue weighted by molar-refractivity contribution is -0.118. The fourth-order valence-corrected chi connectivity index (χ4v) is 1.33. The van der Waals surface area contributed by atoms with Gasteiger partial charge in [0.2, 0.25) is 5.91 Å². The number of hydrogen-bond acceptors (Lipinski definition) is 5. The van der Waals surface area contributed by atoms with Crippen LogP contribution in [0.15, 0.2) is 6.07 Å². The average Bonchev–Trinajstić information content (AvgIpc) is 2.28. The highest BCUT2D eigenvalue weighted by molar-refractivity contribution is 5.82. The summed E-state index contributed by atoms with van der Waals surface area (Å²) in [6.45, 7) is 3.76. The first-order chi connectivity index (χ1) is 8.06. The Labute approximate surface area is 101 Å². The Morgan fingerprint density at radius 1 is 1.47 bits per heavy atom. The van der Waals surface area contributed by atoms with Gasteiger partial charge in [-0.1, -0.05) is 6.92 Å². The molecule has 1 amide bonds. The lowest BCUT2D eigenvalue weighted by Crippen LogP contribution is -2.32. The maximum atomic E-state index is 11.0. The first-order valence-electron chi connectivity index (χ1n) is 5.68. The van der Waals surface area contributed by atoms with Crippen molar-refractivity contribution < 1.29 is 4.79 Å². The Hall–Kier alpha value is -1.85. The first-order valence-corrected chi connectivity index (χ1v) is 5.68. The second kappa shape index (κ2) is 6.03. The second-order valence-corrected chi connectivity index (χ2v) is 3.82. The molecule has 1 atom stereocenters. The molecule has 0 saturated carbocycles. The molecule has 1 unspecified atom stereocenters. The van der Waals surface area contributed by atoms with E-state index in [4.69, 9.17) is 5.73 Å². The van der Waals surface area contributed by atoms with E-state index in [1.54, 1.807) is 20.0 Å². The Morgan fingerprint density at radius 2 is 2.12 bits per heavy atom. The first kappa shape index (κ1) is 13.2. The van der Waals surface area contributed by atoms with E-state index >= 15 is 0 Å². The van der Waals surface area contributed by atoms with Crippen molar-refractivity contribution in [1.82, 2.24) is 9.97 Å². The molecule has 0 saturated heterocycles. The monoisotopic (exact) mass is 237 g/mol. The highest BCUT2D eigenvalue weighted by Crippen LogP contribution is 2.12. The number of amides is 1. The molecule has 0 aliphatic rings. The van der Waals surface area contributed by atoms with E-state index in [9.17, 15) is 4.79 Å². The van der Waals surface area contributed by atoms with Gasteiger partial charge in [-0.3, -0.25) is 4.79 Å². The van der Waals surface area contributed by atoms with Gasteiger partial charge in [0.25, 0.3) is 0 Å². The third kappa shape index (κ3) is 3.90. The molecule has 0 aliphatic heterocycles. The molecular weight excluding hydrogens is 218 g/mol. The number of rotatable bonds is 6. The summed E-state index contributed by atoms with van der Waals surface area (Å²) in [5, 5.41) is 5.91. The summed E-state index contributed by atoms with van der Waals surface area (Å²) in [6.07, 6.45) is 1.77. The Morgan fingerprint density at radius 3 is 2.65 bits per heavy atom. The molecule has 1 aromatic heterocycles. The van der Waals surface area contributed by atoms with Crippen LogP contribution in [0.3, 0.4) is 0 Å². The Balaban J connectivity index is 2.90. The number of aromatic nitrogens is 2. The molecule has 4 N–H and O–H groups in total. The topological polar surface area (TPSA) is 92.9 Å². The van der Waals surface area contributed by atoms with E-state index in [1.165, 1.54) is 0 Å². The number of nitrogens with two attached hydrogens (primary N) is 1. The van der Waals surface area contributed by atoms with Gasteiger partial charge in [0.05, 0.1) is 0 Å². The summed E-state index contributed by atoms with van der Waals surface area (Å²) >= 11 is 0. The van der Waals surface area contributed by atoms with Crippen LogP contribution in [0.25, 0.3) is 0 Å². The van der Waals surface area contributed by atoms with E-state index in [0.29, 0.717) is 5.82 Å². The number of nitrogens with zero attached hydrogens (tertiary/aromatic N) is 2. The Bertz CT molecular complexity index is 393. The molecule has 0 aliphatic carbocycles. The molecular formula is C11H19N5O. The van der Waals surface area contributed by atoms with Gasteiger partial charge in [0.1, 0.15) is 23.5 Å². The van der Waals surface area contributed by atoms with Crippen LogP contribution in [0.4, 0.5) is 11.6 Å². The standard InChI is InChI=1S/C11H19N5O/c1-4-5-8-15-9(13-3)6-10(16-8)14-7(2)11(12)17/h6-7H,4-5H2,1-3H3,(H2,12,17)(H2,13,14,15,16). The maximum Gasteiger partial charge on any atom is 0.239 e. The molecule has 6 heteroatoms. The van der Waals surface area contributed by atoms with Crippen molar-refractivity contribution in [2.45, 2.75) is 32.7 Å². The quantitative estimate of drug-likeness (QED) is 0.679. The molecule has 0 spiro atoms. The van der Waals surface area contributed by atoms with Crippen molar-refractivity contribution in [2.24, 2.45) is 5.73 Å². The fourth-order valence-electron chi connectivity index (χ4n) is 1.33. The number of aryl methyl sites for hydroxylation is 1. The zero-order valence-electron chi connectivity index (χ0n) is 10.4. The van der Waals surface area contributed by atoms with Gasteiger partial charge in [-0.05, 0) is 13.3 Å². The van der Waals surface area contributed by atoms with Crippen LogP contribution < -0.4 is 16.4 Å². The molecule has 1 rings (SSSR count). The summed E-state index contributed by atoms with van der Waals surface area (Å²) in [4.78, 5) is 19.6. The van der Waals surface area contributed by atoms with Crippen LogP contribution >= 0.6 is 0 Å². The number of primary amides is 1. The van der Waals surface area contributed by atoms with E-state index in [2.05, 4.69) is 27.5 Å². The average molecular weight is 237 g/mol. The molecule has 0 radical (unpaired) electrons. The number of carbonyl (C=O) groups excluding carboxylic acids is 1. The smallest absolute Gasteiger partial charge is 0.239 e. The van der Waals surface area contributed by atoms with Gasteiger partial charge in [-0.15, -0.1) is 0 Å². The molecule has 1 aromatic rings. The van der Waals surface area contributed by atoms with Gasteiger partial charge >= 0.3 is 0 Å². The van der Waals surface area contributed by atoms with Crippen molar-refractivity contribution in [3.8, 4) is 0 Å². The summed E-state index contributed by atoms with van der Waals surface area (Å²) in [5.74, 6) is 1.67. The highest BCUT2D eigenvalue weighted by atomic mass is 16.1. The minimum Gasteiger partial charge on any atom is -0.373 e. The van der Waals surface area contributed by atoms with Gasteiger partial charge in [0, 0.05) is 19.5 Å². The van der Waals surface area contributed by atoms with Crippen LogP contribution in [0, 0.1) is 0 Å². The predicted molar refractivity (Wildman–Crippen MR) is 67.9 cm³/mol. The molecule has 94 valence electrons. The van der Waals surface area contributed by atoms with Crippen molar-refractivity contribution in [3.63, 3.8) is 0 Å². The lowest BCUT2D eigenvalue weighted by Gasteiger charge is -2.12. The SMILES string of the molecule is CCCc1nc(NC)cc(NC(C)C(N)=O)n1. The van der Waals surface area contributed by atoms with E-state index < -0.39 is 11.9 Å². The summed E-state index contributed by atoms with van der Waals surface area (Å²) in [6, 6.07) is 1.29. The van der Waals surface area contributed by atoms with Crippen molar-refractivity contribution >= 4 is 17.5 Å². The zero-order valence-corrected chi connectivity index (χ0v) is 10.4. The number of carbonyl (C=O) groups is 1. The van der Waals surface area contributed by atoms with Gasteiger partial charge in [-0.2, -0.15) is 0 Å². The number of hydrogen-bond donors (Lipinski definition) is 3. The van der Waals surface area contributed by atoms with Crippen LogP contribution in [0.2, 0.25) is 0 Å². The number of nitrogens with one attached hydrogen (secondary N) is 2. The zero-order chi connectivity index (χ0) is 12.8. The minimum absolute atomic E-state index is 0.410. The van der Waals surface area contributed by atoms with E-state index in [0.717, 1.165) is 24.5 Å². The van der Waals surface area contributed by atoms with Gasteiger partial charge in [-0.25, -0.2) is 9.97 Å².